The Morgan fingerprint density at radius 3 is 2.87 bits per heavy atom. The maximum Gasteiger partial charge on any atom is 0.123 e. The Morgan fingerprint density at radius 1 is 1.53 bits per heavy atom. The fourth-order valence-corrected chi connectivity index (χ4v) is 1.57. The van der Waals surface area contributed by atoms with Crippen LogP contribution in [0.15, 0.2) is 30.9 Å². The van der Waals surface area contributed by atoms with Gasteiger partial charge in [-0.25, -0.2) is 4.39 Å². The highest BCUT2D eigenvalue weighted by atomic mass is 19.1. The molecular formula is C13H17FO. The van der Waals surface area contributed by atoms with Crippen LogP contribution in [0.5, 0.6) is 5.75 Å². The SMILES string of the molecule is C=CCC(C)c1cc(F)ccc1OCC. The molecule has 0 aliphatic carbocycles. The molecule has 0 heterocycles. The first-order valence-electron chi connectivity index (χ1n) is 5.22. The predicted molar refractivity (Wildman–Crippen MR) is 60.8 cm³/mol. The minimum absolute atomic E-state index is 0.218. The summed E-state index contributed by atoms with van der Waals surface area (Å²) in [6, 6.07) is 4.65. The molecule has 2 heteroatoms. The average molecular weight is 208 g/mol. The normalized spacial score (nSPS) is 12.2. The molecule has 0 amide bonds. The van der Waals surface area contributed by atoms with Crippen molar-refractivity contribution in [2.24, 2.45) is 0 Å². The maximum absolute atomic E-state index is 13.1. The van der Waals surface area contributed by atoms with Crippen molar-refractivity contribution >= 4 is 0 Å². The maximum atomic E-state index is 13.1. The van der Waals surface area contributed by atoms with Gasteiger partial charge in [0.1, 0.15) is 11.6 Å². The largest absolute Gasteiger partial charge is 0.494 e. The van der Waals surface area contributed by atoms with Gasteiger partial charge >= 0.3 is 0 Å². The van der Waals surface area contributed by atoms with Crippen LogP contribution >= 0.6 is 0 Å². The molecule has 0 radical (unpaired) electrons. The quantitative estimate of drug-likeness (QED) is 0.667. The predicted octanol–water partition coefficient (Wildman–Crippen LogP) is 3.90. The molecule has 15 heavy (non-hydrogen) atoms. The second kappa shape index (κ2) is 5.54. The molecule has 1 aromatic carbocycles. The molecule has 0 bridgehead atoms. The summed E-state index contributed by atoms with van der Waals surface area (Å²) in [5.74, 6) is 0.789. The van der Waals surface area contributed by atoms with Crippen LogP contribution in [0.1, 0.15) is 31.7 Å². The molecule has 0 aliphatic heterocycles. The number of allylic oxidation sites excluding steroid dienone is 1. The Bertz CT molecular complexity index is 333. The van der Waals surface area contributed by atoms with E-state index in [9.17, 15) is 4.39 Å². The van der Waals surface area contributed by atoms with E-state index in [4.69, 9.17) is 4.74 Å². The van der Waals surface area contributed by atoms with Crippen LogP contribution in [0.3, 0.4) is 0 Å². The summed E-state index contributed by atoms with van der Waals surface area (Å²) < 4.78 is 18.6. The highest BCUT2D eigenvalue weighted by Gasteiger charge is 2.11. The van der Waals surface area contributed by atoms with Crippen molar-refractivity contribution < 1.29 is 9.13 Å². The van der Waals surface area contributed by atoms with E-state index in [1.165, 1.54) is 6.07 Å². The molecule has 1 rings (SSSR count). The Morgan fingerprint density at radius 2 is 2.27 bits per heavy atom. The zero-order valence-corrected chi connectivity index (χ0v) is 9.29. The number of benzene rings is 1. The van der Waals surface area contributed by atoms with Gasteiger partial charge in [0.15, 0.2) is 0 Å². The fourth-order valence-electron chi connectivity index (χ4n) is 1.57. The second-order valence-corrected chi connectivity index (χ2v) is 3.54. The fraction of sp³-hybridized carbons (Fsp3) is 0.385. The summed E-state index contributed by atoms with van der Waals surface area (Å²) in [6.45, 7) is 8.25. The van der Waals surface area contributed by atoms with Gasteiger partial charge in [-0.1, -0.05) is 13.0 Å². The number of halogens is 1. The average Bonchev–Trinajstić information content (AvgIpc) is 2.21. The van der Waals surface area contributed by atoms with Crippen LogP contribution in [-0.4, -0.2) is 6.61 Å². The first kappa shape index (κ1) is 11.8. The molecule has 0 N–H and O–H groups in total. The topological polar surface area (TPSA) is 9.23 Å². The van der Waals surface area contributed by atoms with E-state index in [0.717, 1.165) is 17.7 Å². The lowest BCUT2D eigenvalue weighted by Crippen LogP contribution is -2.00. The highest BCUT2D eigenvalue weighted by molar-refractivity contribution is 5.36. The number of hydrogen-bond acceptors (Lipinski definition) is 1. The Hall–Kier alpha value is -1.31. The number of rotatable bonds is 5. The first-order chi connectivity index (χ1) is 7.19. The molecule has 0 fully saturated rings. The molecule has 0 saturated heterocycles. The third-order valence-corrected chi connectivity index (χ3v) is 2.32. The summed E-state index contributed by atoms with van der Waals surface area (Å²) in [6.07, 6.45) is 2.66. The molecule has 1 unspecified atom stereocenters. The van der Waals surface area contributed by atoms with Crippen LogP contribution in [0.2, 0.25) is 0 Å². The second-order valence-electron chi connectivity index (χ2n) is 3.54. The lowest BCUT2D eigenvalue weighted by molar-refractivity contribution is 0.334. The van der Waals surface area contributed by atoms with Gasteiger partial charge in [0.2, 0.25) is 0 Å². The van der Waals surface area contributed by atoms with Gasteiger partial charge in [0, 0.05) is 5.56 Å². The molecule has 0 aromatic heterocycles. The Kier molecular flexibility index (Phi) is 4.35. The number of ether oxygens (including phenoxy) is 1. The minimum atomic E-state index is -0.218. The zero-order valence-electron chi connectivity index (χ0n) is 9.29. The third kappa shape index (κ3) is 3.08. The van der Waals surface area contributed by atoms with E-state index >= 15 is 0 Å². The summed E-state index contributed by atoms with van der Waals surface area (Å²) in [5, 5.41) is 0. The van der Waals surface area contributed by atoms with Crippen molar-refractivity contribution in [3.05, 3.63) is 42.2 Å². The van der Waals surface area contributed by atoms with Crippen LogP contribution in [0, 0.1) is 5.82 Å². The van der Waals surface area contributed by atoms with E-state index in [0.29, 0.717) is 6.61 Å². The van der Waals surface area contributed by atoms with E-state index in [1.54, 1.807) is 12.1 Å². The molecule has 0 saturated carbocycles. The van der Waals surface area contributed by atoms with Crippen molar-refractivity contribution in [1.82, 2.24) is 0 Å². The molecule has 1 atom stereocenters. The van der Waals surface area contributed by atoms with Gasteiger partial charge in [0.05, 0.1) is 6.61 Å². The van der Waals surface area contributed by atoms with Gasteiger partial charge in [-0.15, -0.1) is 6.58 Å². The van der Waals surface area contributed by atoms with Crippen molar-refractivity contribution in [2.75, 3.05) is 6.61 Å². The van der Waals surface area contributed by atoms with Gasteiger partial charge in [-0.3, -0.25) is 0 Å². The van der Waals surface area contributed by atoms with E-state index < -0.39 is 0 Å². The number of hydrogen-bond donors (Lipinski definition) is 0. The van der Waals surface area contributed by atoms with Crippen molar-refractivity contribution in [3.63, 3.8) is 0 Å². The Labute approximate surface area is 90.6 Å². The van der Waals surface area contributed by atoms with Crippen LogP contribution in [0.25, 0.3) is 0 Å². The van der Waals surface area contributed by atoms with Crippen molar-refractivity contribution in [3.8, 4) is 5.75 Å². The summed E-state index contributed by atoms with van der Waals surface area (Å²) >= 11 is 0. The standard InChI is InChI=1S/C13H17FO/c1-4-6-10(3)12-9-11(14)7-8-13(12)15-5-2/h4,7-10H,1,5-6H2,2-3H3. The third-order valence-electron chi connectivity index (χ3n) is 2.32. The summed E-state index contributed by atoms with van der Waals surface area (Å²) in [5.41, 5.74) is 0.914. The molecule has 0 aliphatic rings. The van der Waals surface area contributed by atoms with E-state index in [-0.39, 0.29) is 11.7 Å². The van der Waals surface area contributed by atoms with Gasteiger partial charge < -0.3 is 4.74 Å². The van der Waals surface area contributed by atoms with Gasteiger partial charge in [0.25, 0.3) is 0 Å². The van der Waals surface area contributed by atoms with Gasteiger partial charge in [-0.2, -0.15) is 0 Å². The van der Waals surface area contributed by atoms with E-state index in [1.807, 2.05) is 19.9 Å². The summed E-state index contributed by atoms with van der Waals surface area (Å²) in [4.78, 5) is 0. The molecule has 0 spiro atoms. The molecule has 1 aromatic rings. The van der Waals surface area contributed by atoms with Crippen molar-refractivity contribution in [2.45, 2.75) is 26.2 Å². The lowest BCUT2D eigenvalue weighted by atomic mass is 9.97. The molecule has 82 valence electrons. The first-order valence-corrected chi connectivity index (χ1v) is 5.22. The summed E-state index contributed by atoms with van der Waals surface area (Å²) in [7, 11) is 0. The van der Waals surface area contributed by atoms with Crippen molar-refractivity contribution in [1.29, 1.82) is 0 Å². The van der Waals surface area contributed by atoms with Gasteiger partial charge in [-0.05, 0) is 37.5 Å². The van der Waals surface area contributed by atoms with Crippen LogP contribution < -0.4 is 4.74 Å². The molecular weight excluding hydrogens is 191 g/mol. The monoisotopic (exact) mass is 208 g/mol. The van der Waals surface area contributed by atoms with E-state index in [2.05, 4.69) is 6.58 Å². The lowest BCUT2D eigenvalue weighted by Gasteiger charge is -2.15. The van der Waals surface area contributed by atoms with Crippen LogP contribution in [0.4, 0.5) is 4.39 Å². The van der Waals surface area contributed by atoms with Crippen LogP contribution in [-0.2, 0) is 0 Å². The highest BCUT2D eigenvalue weighted by Crippen LogP contribution is 2.29. The minimum Gasteiger partial charge on any atom is -0.494 e. The zero-order chi connectivity index (χ0) is 11.3. The Balaban J connectivity index is 3.00. The smallest absolute Gasteiger partial charge is 0.123 e. The molecule has 1 nitrogen and oxygen atoms in total.